The van der Waals surface area contributed by atoms with Crippen molar-refractivity contribution >= 4 is 16.7 Å². The first kappa shape index (κ1) is 16.8. The second-order valence-electron chi connectivity index (χ2n) is 5.98. The summed E-state index contributed by atoms with van der Waals surface area (Å²) in [7, 11) is 1.61. The predicted molar refractivity (Wildman–Crippen MR) is 97.6 cm³/mol. The van der Waals surface area contributed by atoms with Gasteiger partial charge in [0.1, 0.15) is 22.8 Å². The Morgan fingerprint density at radius 3 is 2.70 bits per heavy atom. The Kier molecular flexibility index (Phi) is 3.88. The molecule has 3 heterocycles. The third kappa shape index (κ3) is 2.91. The van der Waals surface area contributed by atoms with Gasteiger partial charge in [-0.2, -0.15) is 0 Å². The highest BCUT2D eigenvalue weighted by Gasteiger charge is 2.17. The Hall–Kier alpha value is -3.68. The number of fused-ring (bicyclic) bond motifs is 1. The number of hydrogen-bond donors (Lipinski definition) is 2. The average molecular weight is 368 g/mol. The summed E-state index contributed by atoms with van der Waals surface area (Å²) in [4.78, 5) is 19.5. The van der Waals surface area contributed by atoms with Gasteiger partial charge in [0.2, 0.25) is 0 Å². The normalized spacial score (nSPS) is 11.1. The summed E-state index contributed by atoms with van der Waals surface area (Å²) in [6.07, 6.45) is 3.25. The fraction of sp³-hybridized carbons (Fsp3) is 0.0526. The van der Waals surface area contributed by atoms with Crippen LogP contribution in [0, 0.1) is 11.6 Å². The topological polar surface area (TPSA) is 85.9 Å². The molecule has 136 valence electrons. The van der Waals surface area contributed by atoms with Gasteiger partial charge in [0.05, 0.1) is 0 Å². The largest absolute Gasteiger partial charge is 0.452 e. The molecule has 27 heavy (non-hydrogen) atoms. The van der Waals surface area contributed by atoms with Crippen LogP contribution < -0.4 is 16.0 Å². The number of aryl methyl sites for hydroxylation is 1. The van der Waals surface area contributed by atoms with Gasteiger partial charge in [0.25, 0.3) is 5.56 Å². The number of nitrogens with one attached hydrogen (secondary N) is 1. The number of nitrogens with zero attached hydrogens (tertiary/aromatic N) is 2. The van der Waals surface area contributed by atoms with Crippen molar-refractivity contribution in [1.82, 2.24) is 14.5 Å². The molecule has 0 bridgehead atoms. The summed E-state index contributed by atoms with van der Waals surface area (Å²) in [6.45, 7) is 0. The molecule has 0 saturated carbocycles. The maximum absolute atomic E-state index is 14.0. The number of aromatic nitrogens is 3. The van der Waals surface area contributed by atoms with Crippen LogP contribution >= 0.6 is 0 Å². The second kappa shape index (κ2) is 6.24. The zero-order valence-corrected chi connectivity index (χ0v) is 14.2. The number of H-pyrrole nitrogens is 1. The first-order valence-electron chi connectivity index (χ1n) is 8.00. The molecule has 0 spiro atoms. The lowest BCUT2D eigenvalue weighted by molar-refractivity contribution is 0.438. The summed E-state index contributed by atoms with van der Waals surface area (Å²) in [6, 6.07) is 7.81. The minimum Gasteiger partial charge on any atom is -0.452 e. The van der Waals surface area contributed by atoms with Gasteiger partial charge in [-0.25, -0.2) is 13.8 Å². The van der Waals surface area contributed by atoms with Crippen LogP contribution in [0.25, 0.3) is 22.2 Å². The molecule has 0 saturated heterocycles. The summed E-state index contributed by atoms with van der Waals surface area (Å²) in [5.74, 6) is -1.25. The van der Waals surface area contributed by atoms with Crippen molar-refractivity contribution in [3.8, 4) is 22.8 Å². The first-order chi connectivity index (χ1) is 12.9. The molecule has 6 nitrogen and oxygen atoms in total. The molecule has 0 amide bonds. The second-order valence-corrected chi connectivity index (χ2v) is 5.98. The molecule has 3 aromatic heterocycles. The van der Waals surface area contributed by atoms with Crippen molar-refractivity contribution in [3.63, 3.8) is 0 Å². The number of aromatic amines is 1. The van der Waals surface area contributed by atoms with Crippen molar-refractivity contribution in [2.24, 2.45) is 7.05 Å². The van der Waals surface area contributed by atoms with Gasteiger partial charge in [-0.1, -0.05) is 0 Å². The number of benzene rings is 1. The van der Waals surface area contributed by atoms with Crippen molar-refractivity contribution in [3.05, 3.63) is 70.8 Å². The lowest BCUT2D eigenvalue weighted by Gasteiger charge is -2.13. The van der Waals surface area contributed by atoms with E-state index in [4.69, 9.17) is 10.5 Å². The van der Waals surface area contributed by atoms with Gasteiger partial charge in [0, 0.05) is 36.5 Å². The maximum Gasteiger partial charge on any atom is 0.274 e. The highest BCUT2D eigenvalue weighted by atomic mass is 19.1. The molecular formula is C19H14F2N4O2. The van der Waals surface area contributed by atoms with Crippen molar-refractivity contribution in [2.75, 3.05) is 5.73 Å². The van der Waals surface area contributed by atoms with Gasteiger partial charge in [-0.05, 0) is 30.3 Å². The third-order valence-electron chi connectivity index (χ3n) is 4.14. The molecule has 8 heteroatoms. The standard InChI is InChI=1S/C19H14F2N4O2/c1-25-9-12(11-6-7-23-18(11)19(25)26)17-15(4-5-16(22)24-17)27-14-3-2-10(20)8-13(14)21/h2-9,23H,1H3,(H2,22,24). The zero-order valence-electron chi connectivity index (χ0n) is 14.2. The zero-order chi connectivity index (χ0) is 19.1. The average Bonchev–Trinajstić information content (AvgIpc) is 3.12. The maximum atomic E-state index is 14.0. The summed E-state index contributed by atoms with van der Waals surface area (Å²) in [5, 5.41) is 0.626. The molecule has 0 radical (unpaired) electrons. The monoisotopic (exact) mass is 368 g/mol. The molecule has 0 aliphatic rings. The lowest BCUT2D eigenvalue weighted by atomic mass is 10.1. The Morgan fingerprint density at radius 1 is 1.15 bits per heavy atom. The molecule has 4 rings (SSSR count). The predicted octanol–water partition coefficient (Wildman–Crippen LogP) is 3.58. The summed E-state index contributed by atoms with van der Waals surface area (Å²) < 4.78 is 34.2. The molecule has 0 unspecified atom stereocenters. The quantitative estimate of drug-likeness (QED) is 0.579. The molecule has 0 aliphatic carbocycles. The van der Waals surface area contributed by atoms with Crippen molar-refractivity contribution in [1.29, 1.82) is 0 Å². The Balaban J connectivity index is 1.92. The Labute approximate surface area is 151 Å². The molecule has 0 fully saturated rings. The number of nitrogens with two attached hydrogens (primary N) is 1. The van der Waals surface area contributed by atoms with Crippen LogP contribution in [0.2, 0.25) is 0 Å². The van der Waals surface area contributed by atoms with E-state index in [1.807, 2.05) is 0 Å². The van der Waals surface area contributed by atoms with Crippen LogP contribution in [0.3, 0.4) is 0 Å². The van der Waals surface area contributed by atoms with Crippen LogP contribution in [0.1, 0.15) is 0 Å². The number of ether oxygens (including phenoxy) is 1. The van der Waals surface area contributed by atoms with Crippen molar-refractivity contribution < 1.29 is 13.5 Å². The third-order valence-corrected chi connectivity index (χ3v) is 4.14. The van der Waals surface area contributed by atoms with E-state index in [2.05, 4.69) is 9.97 Å². The fourth-order valence-electron chi connectivity index (χ4n) is 2.87. The van der Waals surface area contributed by atoms with Crippen LogP contribution in [0.15, 0.2) is 53.6 Å². The van der Waals surface area contributed by atoms with Crippen LogP contribution in [0.4, 0.5) is 14.6 Å². The van der Waals surface area contributed by atoms with E-state index in [-0.39, 0.29) is 22.9 Å². The highest BCUT2D eigenvalue weighted by Crippen LogP contribution is 2.36. The van der Waals surface area contributed by atoms with E-state index < -0.39 is 11.6 Å². The van der Waals surface area contributed by atoms with E-state index in [1.54, 1.807) is 31.6 Å². The Bertz CT molecular complexity index is 1230. The minimum atomic E-state index is -0.843. The van der Waals surface area contributed by atoms with Crippen molar-refractivity contribution in [2.45, 2.75) is 0 Å². The van der Waals surface area contributed by atoms with E-state index in [0.717, 1.165) is 12.1 Å². The minimum absolute atomic E-state index is 0.153. The van der Waals surface area contributed by atoms with Crippen LogP contribution in [-0.2, 0) is 7.05 Å². The number of halogens is 2. The molecule has 0 atom stereocenters. The molecular weight excluding hydrogens is 354 g/mol. The first-order valence-corrected chi connectivity index (χ1v) is 8.00. The van der Waals surface area contributed by atoms with Gasteiger partial charge in [0.15, 0.2) is 17.3 Å². The van der Waals surface area contributed by atoms with E-state index in [1.165, 1.54) is 16.7 Å². The van der Waals surface area contributed by atoms with Crippen LogP contribution in [-0.4, -0.2) is 14.5 Å². The highest BCUT2D eigenvalue weighted by molar-refractivity contribution is 5.94. The smallest absolute Gasteiger partial charge is 0.274 e. The van der Waals surface area contributed by atoms with Gasteiger partial charge >= 0.3 is 0 Å². The molecule has 0 aliphatic heterocycles. The summed E-state index contributed by atoms with van der Waals surface area (Å²) >= 11 is 0. The van der Waals surface area contributed by atoms with Gasteiger partial charge in [-0.3, -0.25) is 4.79 Å². The van der Waals surface area contributed by atoms with E-state index >= 15 is 0 Å². The number of rotatable bonds is 3. The summed E-state index contributed by atoms with van der Waals surface area (Å²) in [5.41, 5.74) is 6.94. The number of nitrogen functional groups attached to an aromatic ring is 1. The van der Waals surface area contributed by atoms with E-state index in [9.17, 15) is 13.6 Å². The molecule has 4 aromatic rings. The number of pyridine rings is 2. The molecule has 1 aromatic carbocycles. The van der Waals surface area contributed by atoms with Gasteiger partial charge < -0.3 is 20.0 Å². The Morgan fingerprint density at radius 2 is 1.93 bits per heavy atom. The number of anilines is 1. The van der Waals surface area contributed by atoms with Crippen LogP contribution in [0.5, 0.6) is 11.5 Å². The number of hydrogen-bond acceptors (Lipinski definition) is 4. The lowest BCUT2D eigenvalue weighted by Crippen LogP contribution is -2.16. The fourth-order valence-corrected chi connectivity index (χ4v) is 2.87. The van der Waals surface area contributed by atoms with Gasteiger partial charge in [-0.15, -0.1) is 0 Å². The SMILES string of the molecule is Cn1cc(-c2nc(N)ccc2Oc2ccc(F)cc2F)c2cc[nH]c2c1=O. The van der Waals surface area contributed by atoms with E-state index in [0.29, 0.717) is 22.2 Å². The molecule has 3 N–H and O–H groups in total.